The van der Waals surface area contributed by atoms with E-state index in [0.29, 0.717) is 12.1 Å². The molecule has 0 unspecified atom stereocenters. The predicted molar refractivity (Wildman–Crippen MR) is 108 cm³/mol. The van der Waals surface area contributed by atoms with E-state index in [1.165, 1.54) is 5.56 Å². The summed E-state index contributed by atoms with van der Waals surface area (Å²) in [5, 5.41) is 9.18. The molecule has 26 heavy (non-hydrogen) atoms. The van der Waals surface area contributed by atoms with Crippen LogP contribution in [0.15, 0.2) is 76.9 Å². The number of carbonyl (C=O) groups is 1. The second-order valence-corrected chi connectivity index (χ2v) is 7.49. The van der Waals surface area contributed by atoms with Gasteiger partial charge in [0.25, 0.3) is 5.91 Å². The van der Waals surface area contributed by atoms with Gasteiger partial charge in [-0.25, -0.2) is 0 Å². The molecule has 0 saturated heterocycles. The zero-order valence-electron chi connectivity index (χ0n) is 13.9. The van der Waals surface area contributed by atoms with Gasteiger partial charge in [0.1, 0.15) is 0 Å². The Hall–Kier alpha value is -2.76. The van der Waals surface area contributed by atoms with E-state index in [-0.39, 0.29) is 5.91 Å². The van der Waals surface area contributed by atoms with E-state index in [2.05, 4.69) is 27.1 Å². The van der Waals surface area contributed by atoms with Crippen LogP contribution in [0, 0.1) is 0 Å². The Balaban J connectivity index is 1.46. The number of nitrogens with zero attached hydrogens (tertiary/aromatic N) is 1. The molecule has 128 valence electrons. The summed E-state index contributed by atoms with van der Waals surface area (Å²) in [6, 6.07) is 17.7. The molecule has 3 nitrogen and oxygen atoms in total. The maximum Gasteiger partial charge on any atom is 0.251 e. The Bertz CT molecular complexity index is 991. The van der Waals surface area contributed by atoms with E-state index in [4.69, 9.17) is 0 Å². The molecule has 5 heteroatoms. The maximum atomic E-state index is 12.5. The van der Waals surface area contributed by atoms with Crippen molar-refractivity contribution in [3.63, 3.8) is 0 Å². The molecule has 1 amide bonds. The van der Waals surface area contributed by atoms with Crippen molar-refractivity contribution >= 4 is 28.6 Å². The van der Waals surface area contributed by atoms with Crippen LogP contribution in [0.3, 0.4) is 0 Å². The number of amides is 1. The molecule has 0 atom stereocenters. The van der Waals surface area contributed by atoms with Crippen molar-refractivity contribution in [3.8, 4) is 21.7 Å². The van der Waals surface area contributed by atoms with Crippen LogP contribution in [0.1, 0.15) is 15.9 Å². The first-order valence-electron chi connectivity index (χ1n) is 8.20. The van der Waals surface area contributed by atoms with Gasteiger partial charge in [-0.1, -0.05) is 24.3 Å². The van der Waals surface area contributed by atoms with Crippen molar-refractivity contribution in [1.29, 1.82) is 0 Å². The molecule has 3 aromatic heterocycles. The smallest absolute Gasteiger partial charge is 0.251 e. The monoisotopic (exact) mass is 376 g/mol. The third kappa shape index (κ3) is 3.59. The first-order valence-corrected chi connectivity index (χ1v) is 10.0. The molecule has 0 aliphatic rings. The van der Waals surface area contributed by atoms with Crippen LogP contribution >= 0.6 is 22.7 Å². The summed E-state index contributed by atoms with van der Waals surface area (Å²) in [5.41, 5.74) is 4.90. The third-order valence-electron chi connectivity index (χ3n) is 4.09. The number of nitrogens with one attached hydrogen (secondary N) is 1. The van der Waals surface area contributed by atoms with Crippen molar-refractivity contribution in [2.75, 3.05) is 0 Å². The lowest BCUT2D eigenvalue weighted by Crippen LogP contribution is -2.23. The number of hydrogen-bond donors (Lipinski definition) is 1. The summed E-state index contributed by atoms with van der Waals surface area (Å²) >= 11 is 3.31. The normalized spacial score (nSPS) is 10.6. The van der Waals surface area contributed by atoms with Crippen molar-refractivity contribution in [2.24, 2.45) is 0 Å². The molecule has 0 bridgehead atoms. The van der Waals surface area contributed by atoms with Crippen molar-refractivity contribution in [3.05, 3.63) is 88.1 Å². The fourth-order valence-corrected chi connectivity index (χ4v) is 4.16. The van der Waals surface area contributed by atoms with Gasteiger partial charge in [-0.15, -0.1) is 11.3 Å². The summed E-state index contributed by atoms with van der Waals surface area (Å²) in [7, 11) is 0. The van der Waals surface area contributed by atoms with E-state index < -0.39 is 0 Å². The Morgan fingerprint density at radius 1 is 0.962 bits per heavy atom. The molecule has 0 spiro atoms. The van der Waals surface area contributed by atoms with E-state index in [0.717, 1.165) is 21.7 Å². The minimum absolute atomic E-state index is 0.0807. The van der Waals surface area contributed by atoms with Gasteiger partial charge in [0.05, 0.1) is 10.6 Å². The number of pyridine rings is 1. The van der Waals surface area contributed by atoms with E-state index in [1.807, 2.05) is 53.9 Å². The maximum absolute atomic E-state index is 12.5. The van der Waals surface area contributed by atoms with Crippen molar-refractivity contribution in [1.82, 2.24) is 10.3 Å². The summed E-state index contributed by atoms with van der Waals surface area (Å²) < 4.78 is 0. The molecule has 1 aromatic carbocycles. The lowest BCUT2D eigenvalue weighted by atomic mass is 10.1. The number of rotatable bonds is 5. The van der Waals surface area contributed by atoms with Crippen LogP contribution in [0.2, 0.25) is 0 Å². The highest BCUT2D eigenvalue weighted by atomic mass is 32.1. The summed E-state index contributed by atoms with van der Waals surface area (Å²) in [6.45, 7) is 0.451. The number of thiophene rings is 2. The van der Waals surface area contributed by atoms with Crippen LogP contribution in [-0.2, 0) is 6.54 Å². The van der Waals surface area contributed by atoms with Crippen LogP contribution in [-0.4, -0.2) is 10.9 Å². The topological polar surface area (TPSA) is 42.0 Å². The molecule has 3 heterocycles. The van der Waals surface area contributed by atoms with Gasteiger partial charge < -0.3 is 5.32 Å². The zero-order chi connectivity index (χ0) is 17.8. The fraction of sp³-hybridized carbons (Fsp3) is 0.0476. The highest BCUT2D eigenvalue weighted by Crippen LogP contribution is 2.26. The summed E-state index contributed by atoms with van der Waals surface area (Å²) in [4.78, 5) is 18.1. The molecule has 4 rings (SSSR count). The van der Waals surface area contributed by atoms with Gasteiger partial charge in [-0.2, -0.15) is 11.3 Å². The SMILES string of the molecule is O=C(NCc1cccnc1-c1cccs1)c1ccc(-c2ccsc2)cc1. The lowest BCUT2D eigenvalue weighted by molar-refractivity contribution is 0.0951. The quantitative estimate of drug-likeness (QED) is 0.502. The summed E-state index contributed by atoms with van der Waals surface area (Å²) in [6.07, 6.45) is 1.78. The van der Waals surface area contributed by atoms with Gasteiger partial charge >= 0.3 is 0 Å². The van der Waals surface area contributed by atoms with Crippen molar-refractivity contribution < 1.29 is 4.79 Å². The average molecular weight is 377 g/mol. The Labute approximate surface area is 160 Å². The molecule has 0 radical (unpaired) electrons. The van der Waals surface area contributed by atoms with E-state index >= 15 is 0 Å². The molecule has 0 aliphatic carbocycles. The molecular formula is C21H16N2OS2. The second-order valence-electron chi connectivity index (χ2n) is 5.76. The average Bonchev–Trinajstić information content (AvgIpc) is 3.40. The van der Waals surface area contributed by atoms with E-state index in [1.54, 1.807) is 28.9 Å². The molecule has 1 N–H and O–H groups in total. The Kier molecular flexibility index (Phi) is 4.91. The highest BCUT2D eigenvalue weighted by Gasteiger charge is 2.10. The van der Waals surface area contributed by atoms with Crippen LogP contribution in [0.25, 0.3) is 21.7 Å². The van der Waals surface area contributed by atoms with Gasteiger partial charge in [-0.05, 0) is 63.2 Å². The first-order chi connectivity index (χ1) is 12.8. The zero-order valence-corrected chi connectivity index (χ0v) is 15.5. The molecule has 0 saturated carbocycles. The molecular weight excluding hydrogens is 360 g/mol. The van der Waals surface area contributed by atoms with Gasteiger partial charge in [-0.3, -0.25) is 9.78 Å². The highest BCUT2D eigenvalue weighted by molar-refractivity contribution is 7.13. The standard InChI is InChI=1S/C21H16N2OS2/c24-21(16-7-5-15(6-8-16)18-9-12-25-14-18)23-13-17-3-1-10-22-20(17)19-4-2-11-26-19/h1-12,14H,13H2,(H,23,24). The largest absolute Gasteiger partial charge is 0.348 e. The number of benzene rings is 1. The second kappa shape index (κ2) is 7.64. The van der Waals surface area contributed by atoms with Crippen molar-refractivity contribution in [2.45, 2.75) is 6.54 Å². The number of hydrogen-bond acceptors (Lipinski definition) is 4. The van der Waals surface area contributed by atoms with Gasteiger partial charge in [0, 0.05) is 18.3 Å². The third-order valence-corrected chi connectivity index (χ3v) is 5.65. The first kappa shape index (κ1) is 16.7. The minimum atomic E-state index is -0.0807. The molecule has 4 aromatic rings. The van der Waals surface area contributed by atoms with Gasteiger partial charge in [0.2, 0.25) is 0 Å². The minimum Gasteiger partial charge on any atom is -0.348 e. The number of carbonyl (C=O) groups excluding carboxylic acids is 1. The molecule has 0 fully saturated rings. The lowest BCUT2D eigenvalue weighted by Gasteiger charge is -2.09. The van der Waals surface area contributed by atoms with Crippen LogP contribution in [0.5, 0.6) is 0 Å². The van der Waals surface area contributed by atoms with Crippen LogP contribution < -0.4 is 5.32 Å². The predicted octanol–water partition coefficient (Wildman–Crippen LogP) is 5.47. The Morgan fingerprint density at radius 2 is 1.85 bits per heavy atom. The van der Waals surface area contributed by atoms with Gasteiger partial charge in [0.15, 0.2) is 0 Å². The van der Waals surface area contributed by atoms with Crippen LogP contribution in [0.4, 0.5) is 0 Å². The Morgan fingerprint density at radius 3 is 2.58 bits per heavy atom. The summed E-state index contributed by atoms with van der Waals surface area (Å²) in [5.74, 6) is -0.0807. The fourth-order valence-electron chi connectivity index (χ4n) is 2.74. The van der Waals surface area contributed by atoms with E-state index in [9.17, 15) is 4.79 Å². The molecule has 0 aliphatic heterocycles. The number of aromatic nitrogens is 1.